The summed E-state index contributed by atoms with van der Waals surface area (Å²) in [6, 6.07) is 10.3. The summed E-state index contributed by atoms with van der Waals surface area (Å²) in [6.07, 6.45) is 1.89. The van der Waals surface area contributed by atoms with Crippen LogP contribution >= 0.6 is 0 Å². The summed E-state index contributed by atoms with van der Waals surface area (Å²) < 4.78 is 5.06. The van der Waals surface area contributed by atoms with E-state index in [-0.39, 0.29) is 18.1 Å². The van der Waals surface area contributed by atoms with Gasteiger partial charge in [-0.1, -0.05) is 44.2 Å². The van der Waals surface area contributed by atoms with Gasteiger partial charge >= 0.3 is 5.97 Å². The summed E-state index contributed by atoms with van der Waals surface area (Å²) in [7, 11) is 0. The van der Waals surface area contributed by atoms with Crippen molar-refractivity contribution in [3.63, 3.8) is 0 Å². The van der Waals surface area contributed by atoms with Crippen molar-refractivity contribution in [2.24, 2.45) is 5.92 Å². The zero-order valence-electron chi connectivity index (χ0n) is 15.3. The molecule has 2 amide bonds. The lowest BCUT2D eigenvalue weighted by molar-refractivity contribution is -0.142. The topological polar surface area (TPSA) is 109 Å². The number of hydrogen-bond donors (Lipinski definition) is 3. The van der Waals surface area contributed by atoms with Gasteiger partial charge in [0.1, 0.15) is 12.1 Å². The molecule has 1 aromatic heterocycles. The van der Waals surface area contributed by atoms with Crippen LogP contribution in [0.15, 0.2) is 53.1 Å². The Bertz CT molecular complexity index is 756. The predicted molar refractivity (Wildman–Crippen MR) is 99.1 cm³/mol. The molecule has 0 fully saturated rings. The lowest BCUT2D eigenvalue weighted by atomic mass is 10.0. The van der Waals surface area contributed by atoms with Crippen molar-refractivity contribution in [3.8, 4) is 0 Å². The fraction of sp³-hybridized carbons (Fsp3) is 0.350. The molecule has 0 spiro atoms. The Balaban J connectivity index is 2.15. The number of hydrogen-bond acceptors (Lipinski definition) is 4. The largest absolute Gasteiger partial charge is 0.480 e. The van der Waals surface area contributed by atoms with Gasteiger partial charge in [-0.3, -0.25) is 9.59 Å². The summed E-state index contributed by atoms with van der Waals surface area (Å²) in [5.74, 6) is -2.01. The summed E-state index contributed by atoms with van der Waals surface area (Å²) in [6.45, 7) is 3.75. The Labute approximate surface area is 157 Å². The van der Waals surface area contributed by atoms with Crippen LogP contribution in [-0.2, 0) is 16.0 Å². The van der Waals surface area contributed by atoms with Crippen LogP contribution in [-0.4, -0.2) is 35.0 Å². The summed E-state index contributed by atoms with van der Waals surface area (Å²) >= 11 is 0. The number of carboxylic acids is 1. The Morgan fingerprint density at radius 3 is 2.26 bits per heavy atom. The summed E-state index contributed by atoms with van der Waals surface area (Å²) in [4.78, 5) is 36.5. The van der Waals surface area contributed by atoms with Crippen molar-refractivity contribution in [2.75, 3.05) is 0 Å². The third kappa shape index (κ3) is 6.29. The van der Waals surface area contributed by atoms with Crippen LogP contribution in [0.1, 0.15) is 36.4 Å². The molecule has 0 aliphatic carbocycles. The predicted octanol–water partition coefficient (Wildman–Crippen LogP) is 2.24. The number of carbonyl (C=O) groups excluding carboxylic acids is 2. The lowest BCUT2D eigenvalue weighted by Gasteiger charge is -2.22. The molecule has 0 saturated heterocycles. The first kappa shape index (κ1) is 20.2. The van der Waals surface area contributed by atoms with Gasteiger partial charge in [0.25, 0.3) is 5.91 Å². The summed E-state index contributed by atoms with van der Waals surface area (Å²) in [5.41, 5.74) is 0.841. The minimum absolute atomic E-state index is 0.0813. The molecular formula is C20H24N2O5. The number of carbonyl (C=O) groups is 3. The van der Waals surface area contributed by atoms with E-state index in [0.29, 0.717) is 6.42 Å². The zero-order chi connectivity index (χ0) is 19.8. The van der Waals surface area contributed by atoms with Gasteiger partial charge in [-0.2, -0.15) is 0 Å². The molecule has 0 aliphatic rings. The third-order valence-electron chi connectivity index (χ3n) is 3.97. The van der Waals surface area contributed by atoms with Crippen molar-refractivity contribution >= 4 is 17.8 Å². The van der Waals surface area contributed by atoms with Crippen LogP contribution < -0.4 is 10.6 Å². The number of furan rings is 1. The standard InChI is InChI=1S/C20H24N2O5/c1-13(2)11-16(20(25)26)22-18(23)15(12-14-7-4-3-5-8-14)21-19(24)17-9-6-10-27-17/h3-10,13,15-16H,11-12H2,1-2H3,(H,21,24)(H,22,23)(H,25,26)/t15?,16-/m1/s1. The number of amides is 2. The first-order chi connectivity index (χ1) is 12.9. The fourth-order valence-electron chi connectivity index (χ4n) is 2.66. The zero-order valence-corrected chi connectivity index (χ0v) is 15.3. The van der Waals surface area contributed by atoms with Crippen LogP contribution in [0.4, 0.5) is 0 Å². The van der Waals surface area contributed by atoms with Crippen LogP contribution in [0.2, 0.25) is 0 Å². The molecule has 27 heavy (non-hydrogen) atoms. The average Bonchev–Trinajstić information content (AvgIpc) is 3.15. The van der Waals surface area contributed by atoms with E-state index in [2.05, 4.69) is 10.6 Å². The maximum atomic E-state index is 12.7. The van der Waals surface area contributed by atoms with Gasteiger partial charge in [-0.05, 0) is 30.0 Å². The van der Waals surface area contributed by atoms with E-state index in [1.54, 1.807) is 6.07 Å². The van der Waals surface area contributed by atoms with Gasteiger partial charge in [-0.15, -0.1) is 0 Å². The van der Waals surface area contributed by atoms with Crippen molar-refractivity contribution in [1.82, 2.24) is 10.6 Å². The molecule has 0 saturated carbocycles. The second-order valence-electron chi connectivity index (χ2n) is 6.72. The minimum atomic E-state index is -1.10. The molecule has 2 rings (SSSR count). The molecule has 1 aromatic carbocycles. The van der Waals surface area contributed by atoms with E-state index in [1.165, 1.54) is 12.3 Å². The molecule has 0 radical (unpaired) electrons. The van der Waals surface area contributed by atoms with E-state index < -0.39 is 29.9 Å². The summed E-state index contributed by atoms with van der Waals surface area (Å²) in [5, 5.41) is 14.5. The highest BCUT2D eigenvalue weighted by Crippen LogP contribution is 2.09. The Morgan fingerprint density at radius 2 is 1.70 bits per heavy atom. The van der Waals surface area contributed by atoms with Crippen LogP contribution in [0.3, 0.4) is 0 Å². The van der Waals surface area contributed by atoms with Crippen LogP contribution in [0, 0.1) is 5.92 Å². The second kappa shape index (κ2) is 9.56. The average molecular weight is 372 g/mol. The highest BCUT2D eigenvalue weighted by Gasteiger charge is 2.28. The van der Waals surface area contributed by atoms with E-state index in [1.807, 2.05) is 44.2 Å². The Hall–Kier alpha value is -3.09. The van der Waals surface area contributed by atoms with Crippen molar-refractivity contribution in [1.29, 1.82) is 0 Å². The van der Waals surface area contributed by atoms with Crippen LogP contribution in [0.5, 0.6) is 0 Å². The second-order valence-corrected chi connectivity index (χ2v) is 6.72. The van der Waals surface area contributed by atoms with E-state index in [4.69, 9.17) is 4.42 Å². The molecule has 1 unspecified atom stereocenters. The third-order valence-corrected chi connectivity index (χ3v) is 3.97. The van der Waals surface area contributed by atoms with Crippen molar-refractivity contribution in [2.45, 2.75) is 38.8 Å². The van der Waals surface area contributed by atoms with Crippen LogP contribution in [0.25, 0.3) is 0 Å². The van der Waals surface area contributed by atoms with Crippen molar-refractivity contribution < 1.29 is 23.9 Å². The molecule has 2 aromatic rings. The Morgan fingerprint density at radius 1 is 1.00 bits per heavy atom. The number of benzene rings is 1. The normalized spacial score (nSPS) is 13.0. The Kier molecular flexibility index (Phi) is 7.16. The molecule has 1 heterocycles. The SMILES string of the molecule is CC(C)C[C@@H](NC(=O)C(Cc1ccccc1)NC(=O)c1ccco1)C(=O)O. The van der Waals surface area contributed by atoms with Gasteiger partial charge in [0.05, 0.1) is 6.26 Å². The molecule has 0 aliphatic heterocycles. The molecule has 0 bridgehead atoms. The van der Waals surface area contributed by atoms with Gasteiger partial charge < -0.3 is 20.2 Å². The number of rotatable bonds is 9. The molecule has 3 N–H and O–H groups in total. The van der Waals surface area contributed by atoms with Gasteiger partial charge in [0.15, 0.2) is 5.76 Å². The number of aliphatic carboxylic acids is 1. The maximum Gasteiger partial charge on any atom is 0.326 e. The molecule has 7 nitrogen and oxygen atoms in total. The maximum absolute atomic E-state index is 12.7. The first-order valence-electron chi connectivity index (χ1n) is 8.78. The van der Waals surface area contributed by atoms with E-state index in [9.17, 15) is 19.5 Å². The monoisotopic (exact) mass is 372 g/mol. The first-order valence-corrected chi connectivity index (χ1v) is 8.78. The molecule has 2 atom stereocenters. The van der Waals surface area contributed by atoms with Gasteiger partial charge in [-0.25, -0.2) is 4.79 Å². The quantitative estimate of drug-likeness (QED) is 0.625. The fourth-order valence-corrected chi connectivity index (χ4v) is 2.66. The van der Waals surface area contributed by atoms with Gasteiger partial charge in [0.2, 0.25) is 5.91 Å². The minimum Gasteiger partial charge on any atom is -0.480 e. The van der Waals surface area contributed by atoms with E-state index >= 15 is 0 Å². The van der Waals surface area contributed by atoms with E-state index in [0.717, 1.165) is 5.56 Å². The number of carboxylic acid groups (broad SMARTS) is 1. The highest BCUT2D eigenvalue weighted by atomic mass is 16.4. The molecule has 144 valence electrons. The molecule has 7 heteroatoms. The lowest BCUT2D eigenvalue weighted by Crippen LogP contribution is -2.52. The molecular weight excluding hydrogens is 348 g/mol. The smallest absolute Gasteiger partial charge is 0.326 e. The number of nitrogens with one attached hydrogen (secondary N) is 2. The van der Waals surface area contributed by atoms with Gasteiger partial charge in [0, 0.05) is 6.42 Å². The highest BCUT2D eigenvalue weighted by molar-refractivity contribution is 5.96. The van der Waals surface area contributed by atoms with Crippen molar-refractivity contribution in [3.05, 3.63) is 60.1 Å².